The van der Waals surface area contributed by atoms with E-state index in [-0.39, 0.29) is 12.4 Å². The van der Waals surface area contributed by atoms with Crippen molar-refractivity contribution in [2.45, 2.75) is 129 Å². The van der Waals surface area contributed by atoms with Crippen molar-refractivity contribution in [2.24, 2.45) is 0 Å². The summed E-state index contributed by atoms with van der Waals surface area (Å²) in [6, 6.07) is 0.891. The molecule has 184 valence electrons. The molecule has 0 atom stereocenters. The lowest BCUT2D eigenvalue weighted by Gasteiger charge is -2.26. The molecule has 0 unspecified atom stereocenters. The molecule has 0 rings (SSSR count). The van der Waals surface area contributed by atoms with Crippen molar-refractivity contribution in [3.8, 4) is 0 Å². The Kier molecular flexibility index (Phi) is 23.0. The predicted molar refractivity (Wildman–Crippen MR) is 127 cm³/mol. The summed E-state index contributed by atoms with van der Waals surface area (Å²) >= 11 is 0. The van der Waals surface area contributed by atoms with E-state index in [1.807, 2.05) is 0 Å². The third-order valence-corrected chi connectivity index (χ3v) is 9.07. The van der Waals surface area contributed by atoms with Gasteiger partial charge in [-0.05, 0) is 20.3 Å². The minimum atomic E-state index is -2.39. The highest BCUT2D eigenvalue weighted by molar-refractivity contribution is 6.60. The van der Waals surface area contributed by atoms with E-state index in [1.54, 1.807) is 21.3 Å². The zero-order valence-electron chi connectivity index (χ0n) is 21.2. The molecule has 0 saturated heterocycles. The summed E-state index contributed by atoms with van der Waals surface area (Å²) in [6.07, 6.45) is 20.9. The van der Waals surface area contributed by atoms with Crippen LogP contribution in [0.4, 0.5) is 0 Å². The van der Waals surface area contributed by atoms with E-state index in [9.17, 15) is 0 Å². The molecule has 0 radical (unpaired) electrons. The van der Waals surface area contributed by atoms with Crippen LogP contribution in [0.3, 0.4) is 0 Å². The molecule has 0 aromatic heterocycles. The summed E-state index contributed by atoms with van der Waals surface area (Å²) in [6.45, 7) is 8.15. The van der Waals surface area contributed by atoms with Crippen LogP contribution in [0.5, 0.6) is 0 Å². The minimum absolute atomic E-state index is 0. The molecule has 4 nitrogen and oxygen atoms in total. The Hall–Kier alpha value is 0.347. The molecule has 30 heavy (non-hydrogen) atoms. The third kappa shape index (κ3) is 18.0. The van der Waals surface area contributed by atoms with Crippen LogP contribution in [0.1, 0.15) is 117 Å². The number of hydrogen-bond donors (Lipinski definition) is 1. The predicted octanol–water partition coefficient (Wildman–Crippen LogP) is 3.08. The van der Waals surface area contributed by atoms with E-state index in [4.69, 9.17) is 13.3 Å². The number of quaternary nitrogens is 1. The fourth-order valence-corrected chi connectivity index (χ4v) is 5.82. The summed E-state index contributed by atoms with van der Waals surface area (Å²) in [5, 5.41) is 2.49. The maximum absolute atomic E-state index is 5.50. The highest BCUT2D eigenvalue weighted by Crippen LogP contribution is 2.16. The van der Waals surface area contributed by atoms with E-state index in [1.165, 1.54) is 89.9 Å². The molecule has 0 aromatic carbocycles. The lowest BCUT2D eigenvalue weighted by molar-refractivity contribution is -0.721. The van der Waals surface area contributed by atoms with Gasteiger partial charge in [0.2, 0.25) is 0 Å². The molecule has 0 heterocycles. The molecule has 0 bridgehead atoms. The smallest absolute Gasteiger partial charge is 0.500 e. The summed E-state index contributed by atoms with van der Waals surface area (Å²) in [4.78, 5) is 0. The van der Waals surface area contributed by atoms with Crippen LogP contribution in [-0.4, -0.2) is 42.2 Å². The topological polar surface area (TPSA) is 44.3 Å². The van der Waals surface area contributed by atoms with Gasteiger partial charge in [0.15, 0.2) is 0 Å². The fraction of sp³-hybridized carbons (Fsp3) is 1.00. The van der Waals surface area contributed by atoms with Gasteiger partial charge in [-0.1, -0.05) is 84.0 Å². The zero-order chi connectivity index (χ0) is 21.8. The van der Waals surface area contributed by atoms with E-state index in [2.05, 4.69) is 26.1 Å². The standard InChI is InChI=1S/C24H53NO3Si.ClH/c1-7-8-9-10-11-12-13-14-15-16-17-18-19-21-24(2,3)25-22-20-23-29(26-4,27-5)28-6;/h25H,7-23H2,1-6H3;1H. The Bertz CT molecular complexity index is 347. The van der Waals surface area contributed by atoms with Crippen LogP contribution >= 0.6 is 0 Å². The molecule has 6 heteroatoms. The first-order chi connectivity index (χ1) is 13.9. The van der Waals surface area contributed by atoms with Gasteiger partial charge in [-0.2, -0.15) is 0 Å². The third-order valence-electron chi connectivity index (χ3n) is 6.24. The van der Waals surface area contributed by atoms with Crippen LogP contribution in [-0.2, 0) is 13.3 Å². The molecule has 0 amide bonds. The number of halogens is 1. The maximum atomic E-state index is 5.50. The van der Waals surface area contributed by atoms with Crippen molar-refractivity contribution < 1.29 is 31.0 Å². The second kappa shape index (κ2) is 21.2. The van der Waals surface area contributed by atoms with Gasteiger partial charge in [-0.3, -0.25) is 0 Å². The number of hydrogen-bond acceptors (Lipinski definition) is 3. The monoisotopic (exact) mass is 467 g/mol. The normalized spacial score (nSPS) is 12.2. The Morgan fingerprint density at radius 1 is 0.633 bits per heavy atom. The van der Waals surface area contributed by atoms with E-state index >= 15 is 0 Å². The summed E-state index contributed by atoms with van der Waals surface area (Å²) in [7, 11) is 2.69. The summed E-state index contributed by atoms with van der Waals surface area (Å²) in [5.41, 5.74) is 0.329. The van der Waals surface area contributed by atoms with Gasteiger partial charge in [0.25, 0.3) is 0 Å². The van der Waals surface area contributed by atoms with Crippen molar-refractivity contribution in [1.82, 2.24) is 0 Å². The first kappa shape index (κ1) is 32.5. The number of unbranched alkanes of at least 4 members (excludes halogenated alkanes) is 12. The fourth-order valence-electron chi connectivity index (χ4n) is 4.07. The first-order valence-electron chi connectivity index (χ1n) is 12.4. The van der Waals surface area contributed by atoms with Crippen LogP contribution in [0.25, 0.3) is 0 Å². The molecule has 0 aliphatic rings. The highest BCUT2D eigenvalue weighted by Gasteiger charge is 2.37. The Labute approximate surface area is 196 Å². The second-order valence-electron chi connectivity index (χ2n) is 9.37. The van der Waals surface area contributed by atoms with Gasteiger partial charge in [-0.25, -0.2) is 0 Å². The largest absolute Gasteiger partial charge is 1.00 e. The van der Waals surface area contributed by atoms with Gasteiger partial charge in [0.05, 0.1) is 12.1 Å². The number of rotatable bonds is 22. The summed E-state index contributed by atoms with van der Waals surface area (Å²) < 4.78 is 16.5. The maximum Gasteiger partial charge on any atom is 0.500 e. The highest BCUT2D eigenvalue weighted by atomic mass is 35.5. The van der Waals surface area contributed by atoms with E-state index in [0.29, 0.717) is 5.54 Å². The zero-order valence-corrected chi connectivity index (χ0v) is 23.0. The molecule has 0 aromatic rings. The SMILES string of the molecule is CCCCCCCCCCCCCCCC(C)(C)[NH2+]CCC[Si](OC)(OC)OC.[Cl-]. The van der Waals surface area contributed by atoms with Crippen LogP contribution in [0.15, 0.2) is 0 Å². The van der Waals surface area contributed by atoms with Gasteiger partial charge in [0.1, 0.15) is 0 Å². The molecule has 0 fully saturated rings. The van der Waals surface area contributed by atoms with Gasteiger partial charge >= 0.3 is 8.80 Å². The first-order valence-corrected chi connectivity index (χ1v) is 14.4. The molecule has 0 aliphatic heterocycles. The van der Waals surface area contributed by atoms with E-state index < -0.39 is 8.80 Å². The van der Waals surface area contributed by atoms with Crippen LogP contribution in [0, 0.1) is 0 Å². The van der Waals surface area contributed by atoms with Gasteiger partial charge in [-0.15, -0.1) is 0 Å². The van der Waals surface area contributed by atoms with E-state index in [0.717, 1.165) is 19.0 Å². The molecular formula is C24H54ClNO3Si. The van der Waals surface area contributed by atoms with Crippen molar-refractivity contribution >= 4 is 8.80 Å². The Morgan fingerprint density at radius 3 is 1.43 bits per heavy atom. The molecule has 0 aliphatic carbocycles. The van der Waals surface area contributed by atoms with Crippen molar-refractivity contribution in [3.63, 3.8) is 0 Å². The molecular weight excluding hydrogens is 414 g/mol. The molecule has 2 N–H and O–H groups in total. The molecule has 0 saturated carbocycles. The number of nitrogens with two attached hydrogens (primary N) is 1. The van der Waals surface area contributed by atoms with Crippen LogP contribution < -0.4 is 17.7 Å². The lowest BCUT2D eigenvalue weighted by Crippen LogP contribution is -3.00. The van der Waals surface area contributed by atoms with Gasteiger partial charge in [0, 0.05) is 40.2 Å². The average Bonchev–Trinajstić information content (AvgIpc) is 2.72. The van der Waals surface area contributed by atoms with Crippen molar-refractivity contribution in [3.05, 3.63) is 0 Å². The Morgan fingerprint density at radius 2 is 1.03 bits per heavy atom. The summed E-state index contributed by atoms with van der Waals surface area (Å²) in [5.74, 6) is 0. The quantitative estimate of drug-likeness (QED) is 0.196. The van der Waals surface area contributed by atoms with Crippen molar-refractivity contribution in [2.75, 3.05) is 27.9 Å². The minimum Gasteiger partial charge on any atom is -1.00 e. The van der Waals surface area contributed by atoms with Gasteiger partial charge < -0.3 is 31.0 Å². The molecule has 0 spiro atoms. The lowest BCUT2D eigenvalue weighted by atomic mass is 9.95. The average molecular weight is 468 g/mol. The Balaban J connectivity index is 0. The van der Waals surface area contributed by atoms with Crippen LogP contribution in [0.2, 0.25) is 6.04 Å². The van der Waals surface area contributed by atoms with Crippen molar-refractivity contribution in [1.29, 1.82) is 0 Å². The second-order valence-corrected chi connectivity index (χ2v) is 12.5.